The van der Waals surface area contributed by atoms with Gasteiger partial charge in [0.2, 0.25) is 0 Å². The fraction of sp³-hybridized carbons (Fsp3) is 0.400. The summed E-state index contributed by atoms with van der Waals surface area (Å²) in [5.74, 6) is 7.37. The number of carbonyl (C=O) groups is 1. The molecule has 0 amide bonds. The molecule has 1 aliphatic rings. The number of piperidine rings is 1. The number of carboxylic acid groups (broad SMARTS) is 1. The SMILES string of the molecule is COc1cccc(C#CCN2CC[C@@H](CC[C@H](O)c3ccnc4ccc(OC)cc34)[C@@H](CC(=O)O)C2)c1. The van der Waals surface area contributed by atoms with E-state index in [-0.39, 0.29) is 18.3 Å². The normalized spacial score (nSPS) is 18.6. The molecule has 2 N–H and O–H groups in total. The van der Waals surface area contributed by atoms with E-state index in [9.17, 15) is 15.0 Å². The van der Waals surface area contributed by atoms with Gasteiger partial charge in [-0.3, -0.25) is 14.7 Å². The Morgan fingerprint density at radius 1 is 1.14 bits per heavy atom. The van der Waals surface area contributed by atoms with Gasteiger partial charge < -0.3 is 19.7 Å². The highest BCUT2D eigenvalue weighted by Gasteiger charge is 2.31. The van der Waals surface area contributed by atoms with Gasteiger partial charge in [-0.25, -0.2) is 0 Å². The third kappa shape index (κ3) is 7.00. The van der Waals surface area contributed by atoms with E-state index < -0.39 is 12.1 Å². The van der Waals surface area contributed by atoms with Gasteiger partial charge in [0.15, 0.2) is 0 Å². The molecule has 0 spiro atoms. The van der Waals surface area contributed by atoms with Crippen molar-refractivity contribution in [2.75, 3.05) is 33.9 Å². The number of aliphatic carboxylic acids is 1. The zero-order chi connectivity index (χ0) is 26.2. The van der Waals surface area contributed by atoms with Crippen molar-refractivity contribution in [3.63, 3.8) is 0 Å². The Kier molecular flexibility index (Phi) is 8.99. The van der Waals surface area contributed by atoms with Crippen molar-refractivity contribution < 1.29 is 24.5 Å². The van der Waals surface area contributed by atoms with Gasteiger partial charge in [-0.1, -0.05) is 17.9 Å². The molecule has 3 aromatic rings. The molecule has 0 bridgehead atoms. The van der Waals surface area contributed by atoms with E-state index in [0.29, 0.717) is 19.5 Å². The quantitative estimate of drug-likeness (QED) is 0.415. The van der Waals surface area contributed by atoms with E-state index in [1.807, 2.05) is 48.5 Å². The van der Waals surface area contributed by atoms with Gasteiger partial charge in [-0.05, 0) is 85.7 Å². The van der Waals surface area contributed by atoms with Gasteiger partial charge >= 0.3 is 5.97 Å². The van der Waals surface area contributed by atoms with Crippen molar-refractivity contribution in [1.82, 2.24) is 9.88 Å². The van der Waals surface area contributed by atoms with Crippen LogP contribution >= 0.6 is 0 Å². The molecule has 0 radical (unpaired) electrons. The lowest BCUT2D eigenvalue weighted by molar-refractivity contribution is -0.139. The van der Waals surface area contributed by atoms with E-state index in [4.69, 9.17) is 9.47 Å². The average Bonchev–Trinajstić information content (AvgIpc) is 2.91. The highest BCUT2D eigenvalue weighted by atomic mass is 16.5. The predicted octanol–water partition coefficient (Wildman–Crippen LogP) is 4.53. The topological polar surface area (TPSA) is 92.1 Å². The first-order chi connectivity index (χ1) is 18.0. The zero-order valence-electron chi connectivity index (χ0n) is 21.4. The smallest absolute Gasteiger partial charge is 0.303 e. The van der Waals surface area contributed by atoms with Gasteiger partial charge in [0, 0.05) is 30.1 Å². The van der Waals surface area contributed by atoms with Crippen LogP contribution in [0.2, 0.25) is 0 Å². The summed E-state index contributed by atoms with van der Waals surface area (Å²) in [7, 11) is 3.25. The molecule has 37 heavy (non-hydrogen) atoms. The number of likely N-dealkylation sites (tertiary alicyclic amines) is 1. The molecule has 194 valence electrons. The van der Waals surface area contributed by atoms with Crippen LogP contribution in [0.4, 0.5) is 0 Å². The molecular weight excluding hydrogens is 468 g/mol. The molecule has 7 heteroatoms. The summed E-state index contributed by atoms with van der Waals surface area (Å²) in [6.07, 6.45) is 3.39. The lowest BCUT2D eigenvalue weighted by atomic mass is 9.79. The minimum atomic E-state index is -0.785. The fourth-order valence-electron chi connectivity index (χ4n) is 5.18. The number of benzene rings is 2. The number of fused-ring (bicyclic) bond motifs is 1. The van der Waals surface area contributed by atoms with Crippen LogP contribution in [0.25, 0.3) is 10.9 Å². The first-order valence-corrected chi connectivity index (χ1v) is 12.6. The number of ether oxygens (including phenoxy) is 2. The fourth-order valence-corrected chi connectivity index (χ4v) is 5.18. The van der Waals surface area contributed by atoms with Gasteiger partial charge in [0.25, 0.3) is 0 Å². The number of aromatic nitrogens is 1. The summed E-state index contributed by atoms with van der Waals surface area (Å²) in [6, 6.07) is 15.2. The Morgan fingerprint density at radius 3 is 2.73 bits per heavy atom. The Morgan fingerprint density at radius 2 is 1.95 bits per heavy atom. The van der Waals surface area contributed by atoms with Crippen LogP contribution in [0.15, 0.2) is 54.7 Å². The van der Waals surface area contributed by atoms with Gasteiger partial charge in [0.1, 0.15) is 11.5 Å². The number of aliphatic hydroxyl groups is 1. The van der Waals surface area contributed by atoms with Crippen molar-refractivity contribution in [3.8, 4) is 23.3 Å². The monoisotopic (exact) mass is 502 g/mol. The molecule has 0 aliphatic carbocycles. The van der Waals surface area contributed by atoms with Crippen molar-refractivity contribution in [3.05, 3.63) is 65.9 Å². The number of carboxylic acids is 1. The number of hydrogen-bond donors (Lipinski definition) is 2. The Bertz CT molecular complexity index is 1280. The maximum Gasteiger partial charge on any atom is 0.303 e. The maximum atomic E-state index is 11.6. The molecular formula is C30H34N2O5. The lowest BCUT2D eigenvalue weighted by Crippen LogP contribution is -2.41. The summed E-state index contributed by atoms with van der Waals surface area (Å²) in [6.45, 7) is 2.14. The predicted molar refractivity (Wildman–Crippen MR) is 143 cm³/mol. The third-order valence-corrected chi connectivity index (χ3v) is 7.17. The highest BCUT2D eigenvalue weighted by molar-refractivity contribution is 5.83. The number of pyridine rings is 1. The number of nitrogens with zero attached hydrogens (tertiary/aromatic N) is 2. The number of methoxy groups -OCH3 is 2. The molecule has 4 rings (SSSR count). The van der Waals surface area contributed by atoms with E-state index in [1.54, 1.807) is 20.4 Å². The summed E-state index contributed by atoms with van der Waals surface area (Å²) >= 11 is 0. The minimum Gasteiger partial charge on any atom is -0.497 e. The summed E-state index contributed by atoms with van der Waals surface area (Å²) in [5, 5.41) is 21.5. The van der Waals surface area contributed by atoms with E-state index >= 15 is 0 Å². The van der Waals surface area contributed by atoms with E-state index in [1.165, 1.54) is 0 Å². The lowest BCUT2D eigenvalue weighted by Gasteiger charge is -2.37. The van der Waals surface area contributed by atoms with Gasteiger partial charge in [0.05, 0.1) is 32.4 Å². The second-order valence-corrected chi connectivity index (χ2v) is 9.55. The van der Waals surface area contributed by atoms with E-state index in [0.717, 1.165) is 52.9 Å². The molecule has 1 aliphatic heterocycles. The van der Waals surface area contributed by atoms with Crippen LogP contribution in [0, 0.1) is 23.7 Å². The Balaban J connectivity index is 1.38. The molecule has 7 nitrogen and oxygen atoms in total. The van der Waals surface area contributed by atoms with Crippen molar-refractivity contribution in [2.24, 2.45) is 11.8 Å². The van der Waals surface area contributed by atoms with Crippen LogP contribution < -0.4 is 9.47 Å². The highest BCUT2D eigenvalue weighted by Crippen LogP contribution is 2.34. The second-order valence-electron chi connectivity index (χ2n) is 9.55. The third-order valence-electron chi connectivity index (χ3n) is 7.17. The van der Waals surface area contributed by atoms with Gasteiger partial charge in [-0.2, -0.15) is 0 Å². The first kappa shape index (κ1) is 26.5. The maximum absolute atomic E-state index is 11.6. The van der Waals surface area contributed by atoms with Crippen LogP contribution in [-0.4, -0.2) is 59.9 Å². The van der Waals surface area contributed by atoms with Crippen molar-refractivity contribution in [1.29, 1.82) is 0 Å². The van der Waals surface area contributed by atoms with Crippen LogP contribution in [0.1, 0.15) is 42.9 Å². The van der Waals surface area contributed by atoms with Crippen LogP contribution in [0.5, 0.6) is 11.5 Å². The summed E-state index contributed by atoms with van der Waals surface area (Å²) < 4.78 is 10.6. The minimum absolute atomic E-state index is 0.0198. The molecule has 1 aromatic heterocycles. The molecule has 1 fully saturated rings. The summed E-state index contributed by atoms with van der Waals surface area (Å²) in [5.41, 5.74) is 2.53. The molecule has 1 saturated heterocycles. The zero-order valence-corrected chi connectivity index (χ0v) is 21.4. The van der Waals surface area contributed by atoms with E-state index in [2.05, 4.69) is 21.7 Å². The Hall–Kier alpha value is -3.60. The van der Waals surface area contributed by atoms with Crippen molar-refractivity contribution >= 4 is 16.9 Å². The number of rotatable bonds is 9. The van der Waals surface area contributed by atoms with Gasteiger partial charge in [-0.15, -0.1) is 0 Å². The summed E-state index contributed by atoms with van der Waals surface area (Å²) in [4.78, 5) is 18.3. The average molecular weight is 503 g/mol. The van der Waals surface area contributed by atoms with Crippen LogP contribution in [-0.2, 0) is 4.79 Å². The second kappa shape index (κ2) is 12.6. The number of hydrogen-bond acceptors (Lipinski definition) is 6. The Labute approximate surface area is 218 Å². The largest absolute Gasteiger partial charge is 0.497 e. The molecule has 2 heterocycles. The van der Waals surface area contributed by atoms with Crippen molar-refractivity contribution in [2.45, 2.75) is 31.8 Å². The van der Waals surface area contributed by atoms with Crippen LogP contribution in [0.3, 0.4) is 0 Å². The molecule has 3 atom stereocenters. The standard InChI is InChI=1S/C30H34N2O5/c1-36-24-7-3-5-21(17-24)6-4-15-32-16-13-22(23(20-32)18-30(34)35)8-11-29(33)26-12-14-31-28-10-9-25(37-2)19-27(26)28/h3,5,7,9-10,12,14,17,19,22-23,29,33H,8,11,13,15-16,18,20H2,1-2H3,(H,34,35)/t22-,23+,29+/m1/s1. The first-order valence-electron chi connectivity index (χ1n) is 12.6. The molecule has 0 saturated carbocycles. The molecule has 2 aromatic carbocycles. The molecule has 0 unspecified atom stereocenters. The number of aliphatic hydroxyl groups excluding tert-OH is 1.